The van der Waals surface area contributed by atoms with Crippen LogP contribution in [-0.4, -0.2) is 45.0 Å². The Morgan fingerprint density at radius 1 is 1.23 bits per heavy atom. The number of carbonyl (C=O) groups excluding carboxylic acids is 1. The second kappa shape index (κ2) is 10.1. The highest BCUT2D eigenvalue weighted by atomic mass is 35.5. The number of morpholine rings is 1. The molecule has 7 heteroatoms. The summed E-state index contributed by atoms with van der Waals surface area (Å²) < 4.78 is 8.03. The van der Waals surface area contributed by atoms with Crippen molar-refractivity contribution in [3.8, 4) is 0 Å². The van der Waals surface area contributed by atoms with Gasteiger partial charge >= 0.3 is 0 Å². The number of hydrogen-bond donors (Lipinski definition) is 0. The summed E-state index contributed by atoms with van der Waals surface area (Å²) in [6.45, 7) is 4.45. The van der Waals surface area contributed by atoms with Crippen LogP contribution in [0.3, 0.4) is 0 Å². The van der Waals surface area contributed by atoms with Crippen LogP contribution in [0.4, 0.5) is 0 Å². The van der Waals surface area contributed by atoms with Gasteiger partial charge in [-0.2, -0.15) is 0 Å². The van der Waals surface area contributed by atoms with Gasteiger partial charge in [0.1, 0.15) is 11.9 Å². The molecule has 3 aromatic rings. The fourth-order valence-electron chi connectivity index (χ4n) is 3.87. The molecule has 162 valence electrons. The molecule has 4 rings (SSSR count). The van der Waals surface area contributed by atoms with Crippen molar-refractivity contribution in [2.75, 3.05) is 19.7 Å². The number of carbonyl (C=O) groups is 1. The standard InChI is InChI=1S/C24H27ClN4O2/c1-18-26-11-13-28(18)12-5-10-24(30)29-14-15-31-23(17-29)22-9-4-7-20(27-22)16-19-6-2-3-8-21(19)25/h2-4,6-9,11,13,23H,5,10,12,14-17H2,1H3/t23-/m0/s1. The molecule has 0 bridgehead atoms. The molecule has 0 aliphatic carbocycles. The van der Waals surface area contributed by atoms with Gasteiger partial charge in [0, 0.05) is 49.0 Å². The van der Waals surface area contributed by atoms with Gasteiger partial charge in [0.05, 0.1) is 18.8 Å². The van der Waals surface area contributed by atoms with Crippen LogP contribution >= 0.6 is 11.6 Å². The summed E-state index contributed by atoms with van der Waals surface area (Å²) >= 11 is 6.30. The van der Waals surface area contributed by atoms with Crippen molar-refractivity contribution in [1.29, 1.82) is 0 Å². The lowest BCUT2D eigenvalue weighted by atomic mass is 10.1. The maximum Gasteiger partial charge on any atom is 0.222 e. The molecular formula is C24H27ClN4O2. The monoisotopic (exact) mass is 438 g/mol. The Hall–Kier alpha value is -2.70. The van der Waals surface area contributed by atoms with Crippen LogP contribution < -0.4 is 0 Å². The number of amides is 1. The highest BCUT2D eigenvalue weighted by Crippen LogP contribution is 2.23. The van der Waals surface area contributed by atoms with E-state index in [9.17, 15) is 4.79 Å². The topological polar surface area (TPSA) is 60.2 Å². The number of nitrogens with zero attached hydrogens (tertiary/aromatic N) is 4. The summed E-state index contributed by atoms with van der Waals surface area (Å²) in [5.74, 6) is 1.14. The molecule has 0 unspecified atom stereocenters. The van der Waals surface area contributed by atoms with Crippen molar-refractivity contribution >= 4 is 17.5 Å². The van der Waals surface area contributed by atoms with Crippen molar-refractivity contribution in [1.82, 2.24) is 19.4 Å². The van der Waals surface area contributed by atoms with E-state index in [-0.39, 0.29) is 12.0 Å². The van der Waals surface area contributed by atoms with Crippen molar-refractivity contribution in [3.63, 3.8) is 0 Å². The van der Waals surface area contributed by atoms with Gasteiger partial charge in [-0.15, -0.1) is 0 Å². The van der Waals surface area contributed by atoms with E-state index in [1.165, 1.54) is 0 Å². The van der Waals surface area contributed by atoms with Gasteiger partial charge < -0.3 is 14.2 Å². The molecule has 31 heavy (non-hydrogen) atoms. The largest absolute Gasteiger partial charge is 0.368 e. The van der Waals surface area contributed by atoms with Crippen LogP contribution in [0.5, 0.6) is 0 Å². The molecular weight excluding hydrogens is 412 g/mol. The Kier molecular flexibility index (Phi) is 6.99. The van der Waals surface area contributed by atoms with Crippen LogP contribution in [0.25, 0.3) is 0 Å². The molecule has 1 amide bonds. The van der Waals surface area contributed by atoms with Crippen LogP contribution in [0.2, 0.25) is 5.02 Å². The third-order valence-electron chi connectivity index (χ3n) is 5.62. The van der Waals surface area contributed by atoms with Gasteiger partial charge in [-0.3, -0.25) is 9.78 Å². The van der Waals surface area contributed by atoms with Crippen molar-refractivity contribution in [2.45, 2.75) is 38.8 Å². The number of aryl methyl sites for hydroxylation is 2. The summed E-state index contributed by atoms with van der Waals surface area (Å²) in [5.41, 5.74) is 2.84. The average molecular weight is 439 g/mol. The number of pyridine rings is 1. The van der Waals surface area contributed by atoms with Crippen LogP contribution in [-0.2, 0) is 22.5 Å². The predicted octanol–water partition coefficient (Wildman–Crippen LogP) is 4.21. The SMILES string of the molecule is Cc1nccn1CCCC(=O)N1CCO[C@H](c2cccc(Cc3ccccc3Cl)n2)C1. The number of ether oxygens (including phenoxy) is 1. The van der Waals surface area contributed by atoms with E-state index in [0.717, 1.165) is 40.8 Å². The lowest BCUT2D eigenvalue weighted by molar-refractivity contribution is -0.139. The number of aromatic nitrogens is 3. The van der Waals surface area contributed by atoms with Gasteiger partial charge in [0.25, 0.3) is 0 Å². The van der Waals surface area contributed by atoms with Crippen molar-refractivity contribution in [2.24, 2.45) is 0 Å². The summed E-state index contributed by atoms with van der Waals surface area (Å²) in [4.78, 5) is 23.7. The molecule has 0 spiro atoms. The minimum absolute atomic E-state index is 0.165. The van der Waals surface area contributed by atoms with Gasteiger partial charge in [-0.25, -0.2) is 4.98 Å². The van der Waals surface area contributed by atoms with E-state index in [4.69, 9.17) is 21.3 Å². The summed E-state index contributed by atoms with van der Waals surface area (Å²) in [5, 5.41) is 0.742. The first-order valence-electron chi connectivity index (χ1n) is 10.7. The van der Waals surface area contributed by atoms with E-state index in [1.54, 1.807) is 6.20 Å². The third-order valence-corrected chi connectivity index (χ3v) is 5.99. The fraction of sp³-hybridized carbons (Fsp3) is 0.375. The molecule has 1 fully saturated rings. The molecule has 0 radical (unpaired) electrons. The second-order valence-corrected chi connectivity index (χ2v) is 8.20. The van der Waals surface area contributed by atoms with E-state index in [1.807, 2.05) is 60.5 Å². The lowest BCUT2D eigenvalue weighted by Gasteiger charge is -2.33. The quantitative estimate of drug-likeness (QED) is 0.554. The van der Waals surface area contributed by atoms with E-state index >= 15 is 0 Å². The number of hydrogen-bond acceptors (Lipinski definition) is 4. The normalized spacial score (nSPS) is 16.5. The molecule has 1 aromatic carbocycles. The Labute approximate surface area is 187 Å². The van der Waals surface area contributed by atoms with Crippen molar-refractivity contribution in [3.05, 3.63) is 82.7 Å². The van der Waals surface area contributed by atoms with Gasteiger partial charge in [0.15, 0.2) is 0 Å². The van der Waals surface area contributed by atoms with Gasteiger partial charge in [-0.1, -0.05) is 35.9 Å². The molecule has 2 aromatic heterocycles. The molecule has 1 saturated heterocycles. The molecule has 3 heterocycles. The molecule has 1 atom stereocenters. The van der Waals surface area contributed by atoms with Gasteiger partial charge in [-0.05, 0) is 37.1 Å². The highest BCUT2D eigenvalue weighted by molar-refractivity contribution is 6.31. The smallest absolute Gasteiger partial charge is 0.222 e. The molecule has 6 nitrogen and oxygen atoms in total. The van der Waals surface area contributed by atoms with Crippen LogP contribution in [0.15, 0.2) is 54.9 Å². The minimum Gasteiger partial charge on any atom is -0.368 e. The Morgan fingerprint density at radius 2 is 2.10 bits per heavy atom. The maximum atomic E-state index is 12.7. The van der Waals surface area contributed by atoms with Crippen LogP contribution in [0.1, 0.15) is 41.7 Å². The van der Waals surface area contributed by atoms with E-state index in [0.29, 0.717) is 32.5 Å². The van der Waals surface area contributed by atoms with Crippen LogP contribution in [0, 0.1) is 6.92 Å². The summed E-state index contributed by atoms with van der Waals surface area (Å²) in [6.07, 6.45) is 5.51. The minimum atomic E-state index is -0.209. The lowest BCUT2D eigenvalue weighted by Crippen LogP contribution is -2.42. The molecule has 1 aliphatic rings. The van der Waals surface area contributed by atoms with Crippen molar-refractivity contribution < 1.29 is 9.53 Å². The third kappa shape index (κ3) is 5.51. The zero-order valence-corrected chi connectivity index (χ0v) is 18.5. The molecule has 0 N–H and O–H groups in total. The number of halogens is 1. The highest BCUT2D eigenvalue weighted by Gasteiger charge is 2.26. The van der Waals surface area contributed by atoms with E-state index in [2.05, 4.69) is 9.55 Å². The summed E-state index contributed by atoms with van der Waals surface area (Å²) in [6, 6.07) is 13.8. The fourth-order valence-corrected chi connectivity index (χ4v) is 4.07. The summed E-state index contributed by atoms with van der Waals surface area (Å²) in [7, 11) is 0. The zero-order chi connectivity index (χ0) is 21.6. The number of rotatable bonds is 7. The van der Waals surface area contributed by atoms with E-state index < -0.39 is 0 Å². The number of benzene rings is 1. The Morgan fingerprint density at radius 3 is 2.90 bits per heavy atom. The predicted molar refractivity (Wildman–Crippen MR) is 120 cm³/mol. The Bertz CT molecular complexity index is 1040. The number of imidazole rings is 1. The first-order valence-corrected chi connectivity index (χ1v) is 11.0. The zero-order valence-electron chi connectivity index (χ0n) is 17.7. The Balaban J connectivity index is 1.35. The first kappa shape index (κ1) is 21.5. The van der Waals surface area contributed by atoms with Gasteiger partial charge in [0.2, 0.25) is 5.91 Å². The molecule has 0 saturated carbocycles. The average Bonchev–Trinajstić information content (AvgIpc) is 3.20. The molecule has 1 aliphatic heterocycles. The first-order chi connectivity index (χ1) is 15.1. The second-order valence-electron chi connectivity index (χ2n) is 7.79. The maximum absolute atomic E-state index is 12.7.